The van der Waals surface area contributed by atoms with E-state index in [-0.39, 0.29) is 30.7 Å². The van der Waals surface area contributed by atoms with E-state index < -0.39 is 11.7 Å². The molecule has 3 heterocycles. The molecule has 49 heavy (non-hydrogen) atoms. The molecule has 3 aromatic carbocycles. The summed E-state index contributed by atoms with van der Waals surface area (Å²) in [5.41, 5.74) is 7.80. The van der Waals surface area contributed by atoms with Gasteiger partial charge in [0.1, 0.15) is 18.0 Å². The summed E-state index contributed by atoms with van der Waals surface area (Å²) >= 11 is 0. The summed E-state index contributed by atoms with van der Waals surface area (Å²) in [6, 6.07) is 26.3. The molecule has 1 saturated heterocycles. The highest BCUT2D eigenvalue weighted by molar-refractivity contribution is 6.03. The third-order valence-electron chi connectivity index (χ3n) is 8.85. The molecule has 4 aromatic rings. The van der Waals surface area contributed by atoms with E-state index in [1.165, 1.54) is 0 Å². The van der Waals surface area contributed by atoms with Crippen molar-refractivity contribution in [2.24, 2.45) is 10.9 Å². The van der Waals surface area contributed by atoms with Crippen LogP contribution in [0.3, 0.4) is 0 Å². The molecule has 254 valence electrons. The molecule has 0 saturated carbocycles. The van der Waals surface area contributed by atoms with Crippen LogP contribution in [0, 0.1) is 5.92 Å². The molecule has 2 atom stereocenters. The molecule has 0 bridgehead atoms. The number of imidazole rings is 1. The highest BCUT2D eigenvalue weighted by Gasteiger charge is 2.35. The highest BCUT2D eigenvalue weighted by atomic mass is 16.6. The van der Waals surface area contributed by atoms with E-state index in [9.17, 15) is 9.59 Å². The van der Waals surface area contributed by atoms with Crippen LogP contribution in [-0.4, -0.2) is 51.0 Å². The van der Waals surface area contributed by atoms with Crippen LogP contribution in [0.2, 0.25) is 0 Å². The topological polar surface area (TPSA) is 109 Å². The van der Waals surface area contributed by atoms with Crippen LogP contribution in [0.25, 0.3) is 28.0 Å². The number of likely N-dealkylation sites (tertiary alicyclic amines) is 1. The Labute approximate surface area is 288 Å². The van der Waals surface area contributed by atoms with Crippen molar-refractivity contribution in [3.63, 3.8) is 0 Å². The molecule has 0 spiro atoms. The second-order valence-electron chi connectivity index (χ2n) is 14.0. The van der Waals surface area contributed by atoms with Crippen molar-refractivity contribution in [2.75, 3.05) is 6.54 Å². The molecule has 1 aromatic heterocycles. The first kappa shape index (κ1) is 33.7. The number of H-pyrrole nitrogens is 1. The molecule has 0 aliphatic carbocycles. The molecule has 2 amide bonds. The molecule has 9 nitrogen and oxygen atoms in total. The minimum atomic E-state index is -0.576. The Bertz CT molecular complexity index is 1820. The molecule has 2 aliphatic heterocycles. The Morgan fingerprint density at radius 3 is 2.24 bits per heavy atom. The zero-order valence-corrected chi connectivity index (χ0v) is 28.9. The lowest BCUT2D eigenvalue weighted by atomic mass is 9.96. The lowest BCUT2D eigenvalue weighted by Gasteiger charge is -2.24. The Balaban J connectivity index is 1.05. The number of nitrogens with one attached hydrogen (secondary N) is 2. The van der Waals surface area contributed by atoms with E-state index in [0.29, 0.717) is 12.4 Å². The number of carbonyl (C=O) groups excluding carboxylic acids is 2. The number of hydrogen-bond acceptors (Lipinski definition) is 6. The number of aliphatic imine (C=N–C) groups is 1. The standard InChI is InChI=1S/C40H45N5O4/c1-26(2)36(44-38(46)49-40(3,4)5)37-42-24-34(43-37)31-19-17-29(18-20-31)28-13-15-30(16-14-28)32-22-33(41-23-32)35-12-9-21-45(35)39(47)48-25-27-10-7-6-8-11-27/h6-8,10-11,13-20,23-24,26,35-36H,9,12,21-22,25H2,1-5H3,(H,42,43)(H,44,46)/t35-,36-/m0/s1. The van der Waals surface area contributed by atoms with E-state index in [1.54, 1.807) is 6.20 Å². The van der Waals surface area contributed by atoms with Crippen molar-refractivity contribution >= 4 is 23.5 Å². The van der Waals surface area contributed by atoms with Crippen LogP contribution in [0.5, 0.6) is 0 Å². The molecule has 2 aliphatic rings. The van der Waals surface area contributed by atoms with Gasteiger partial charge in [-0.3, -0.25) is 9.89 Å². The number of rotatable bonds is 9. The summed E-state index contributed by atoms with van der Waals surface area (Å²) in [5, 5.41) is 2.96. The number of allylic oxidation sites excluding steroid dienone is 1. The van der Waals surface area contributed by atoms with Gasteiger partial charge in [0, 0.05) is 24.9 Å². The van der Waals surface area contributed by atoms with Gasteiger partial charge in [0.15, 0.2) is 0 Å². The molecular weight excluding hydrogens is 614 g/mol. The van der Waals surface area contributed by atoms with Crippen LogP contribution in [0.1, 0.15) is 76.9 Å². The van der Waals surface area contributed by atoms with Gasteiger partial charge in [-0.15, -0.1) is 0 Å². The normalized spacial score (nSPS) is 16.7. The Morgan fingerprint density at radius 1 is 0.939 bits per heavy atom. The average molecular weight is 660 g/mol. The fourth-order valence-corrected chi connectivity index (χ4v) is 6.31. The number of nitrogens with zero attached hydrogens (tertiary/aromatic N) is 3. The summed E-state index contributed by atoms with van der Waals surface area (Å²) in [4.78, 5) is 40.0. The number of hydrogen-bond donors (Lipinski definition) is 2. The van der Waals surface area contributed by atoms with Gasteiger partial charge in [0.05, 0.1) is 24.0 Å². The summed E-state index contributed by atoms with van der Waals surface area (Å²) in [5.74, 6) is 0.800. The van der Waals surface area contributed by atoms with Crippen molar-refractivity contribution < 1.29 is 19.1 Å². The smallest absolute Gasteiger partial charge is 0.410 e. The van der Waals surface area contributed by atoms with Gasteiger partial charge in [-0.25, -0.2) is 14.6 Å². The zero-order valence-electron chi connectivity index (χ0n) is 28.9. The minimum Gasteiger partial charge on any atom is -0.445 e. The van der Waals surface area contributed by atoms with Crippen molar-refractivity contribution in [3.05, 3.63) is 108 Å². The Morgan fingerprint density at radius 2 is 1.59 bits per heavy atom. The summed E-state index contributed by atoms with van der Waals surface area (Å²) in [6.07, 6.45) is 5.56. The third kappa shape index (κ3) is 8.28. The van der Waals surface area contributed by atoms with Crippen LogP contribution < -0.4 is 5.32 Å². The van der Waals surface area contributed by atoms with Crippen molar-refractivity contribution in [2.45, 2.75) is 78.2 Å². The molecule has 2 N–H and O–H groups in total. The summed E-state index contributed by atoms with van der Waals surface area (Å²) in [7, 11) is 0. The largest absolute Gasteiger partial charge is 0.445 e. The lowest BCUT2D eigenvalue weighted by molar-refractivity contribution is 0.0486. The van der Waals surface area contributed by atoms with Crippen LogP contribution in [0.4, 0.5) is 9.59 Å². The number of amides is 2. The van der Waals surface area contributed by atoms with Crippen LogP contribution >= 0.6 is 0 Å². The fourth-order valence-electron chi connectivity index (χ4n) is 6.31. The highest BCUT2D eigenvalue weighted by Crippen LogP contribution is 2.32. The lowest BCUT2D eigenvalue weighted by Crippen LogP contribution is -2.40. The van der Waals surface area contributed by atoms with Crippen molar-refractivity contribution in [1.29, 1.82) is 0 Å². The maximum atomic E-state index is 12.9. The predicted octanol–water partition coefficient (Wildman–Crippen LogP) is 8.95. The molecule has 1 fully saturated rings. The maximum Gasteiger partial charge on any atom is 0.410 e. The van der Waals surface area contributed by atoms with Gasteiger partial charge in [0.25, 0.3) is 0 Å². The first-order valence-corrected chi connectivity index (χ1v) is 17.0. The molecule has 6 rings (SSSR count). The fraction of sp³-hybridized carbons (Fsp3) is 0.350. The first-order chi connectivity index (χ1) is 23.5. The van der Waals surface area contributed by atoms with Gasteiger partial charge in [0.2, 0.25) is 0 Å². The van der Waals surface area contributed by atoms with Crippen molar-refractivity contribution in [3.8, 4) is 22.4 Å². The van der Waals surface area contributed by atoms with Crippen molar-refractivity contribution in [1.82, 2.24) is 20.2 Å². The summed E-state index contributed by atoms with van der Waals surface area (Å²) < 4.78 is 11.1. The molecule has 0 unspecified atom stereocenters. The predicted molar refractivity (Wildman–Crippen MR) is 193 cm³/mol. The molecule has 0 radical (unpaired) electrons. The number of alkyl carbamates (subject to hydrolysis) is 1. The number of ether oxygens (including phenoxy) is 2. The average Bonchev–Trinajstić information content (AvgIpc) is 3.87. The van der Waals surface area contributed by atoms with E-state index in [1.807, 2.05) is 76.1 Å². The van der Waals surface area contributed by atoms with E-state index in [0.717, 1.165) is 64.1 Å². The van der Waals surface area contributed by atoms with Gasteiger partial charge >= 0.3 is 12.2 Å². The van der Waals surface area contributed by atoms with Gasteiger partial charge in [-0.05, 0) is 72.9 Å². The number of aromatic nitrogens is 2. The molecular formula is C40H45N5O4. The quantitative estimate of drug-likeness (QED) is 0.186. The Hall–Kier alpha value is -5.18. The Kier molecular flexibility index (Phi) is 9.99. The number of benzene rings is 3. The van der Waals surface area contributed by atoms with E-state index in [2.05, 4.69) is 63.8 Å². The third-order valence-corrected chi connectivity index (χ3v) is 8.85. The summed E-state index contributed by atoms with van der Waals surface area (Å²) in [6.45, 7) is 10.6. The number of aromatic amines is 1. The SMILES string of the molecule is CC(C)[C@H](NC(=O)OC(C)(C)C)c1ncc(-c2ccc(-c3ccc(C4=CN=C([C@@H]5CCCN5C(=O)OCc5ccccc5)C4)cc3)cc2)[nH]1. The molecule has 9 heteroatoms. The van der Waals surface area contributed by atoms with Crippen LogP contribution in [0.15, 0.2) is 96.3 Å². The van der Waals surface area contributed by atoms with Crippen LogP contribution in [-0.2, 0) is 16.1 Å². The number of carbonyl (C=O) groups is 2. The second kappa shape index (κ2) is 14.5. The maximum absolute atomic E-state index is 12.9. The zero-order chi connectivity index (χ0) is 34.5. The first-order valence-electron chi connectivity index (χ1n) is 17.0. The van der Waals surface area contributed by atoms with Gasteiger partial charge in [-0.2, -0.15) is 0 Å². The van der Waals surface area contributed by atoms with Gasteiger partial charge in [-0.1, -0.05) is 92.7 Å². The van der Waals surface area contributed by atoms with E-state index in [4.69, 9.17) is 14.5 Å². The van der Waals surface area contributed by atoms with Gasteiger partial charge < -0.3 is 19.8 Å². The minimum absolute atomic E-state index is 0.0294. The monoisotopic (exact) mass is 659 g/mol. The van der Waals surface area contributed by atoms with E-state index >= 15 is 0 Å². The second-order valence-corrected chi connectivity index (χ2v) is 14.0.